The van der Waals surface area contributed by atoms with Crippen molar-refractivity contribution in [2.45, 2.75) is 43.7 Å². The van der Waals surface area contributed by atoms with E-state index in [0.29, 0.717) is 6.54 Å². The van der Waals surface area contributed by atoms with Gasteiger partial charge in [-0.1, -0.05) is 0 Å². The molecule has 5 nitrogen and oxygen atoms in total. The van der Waals surface area contributed by atoms with Crippen molar-refractivity contribution in [2.24, 2.45) is 0 Å². The minimum absolute atomic E-state index is 0.0803. The highest BCUT2D eigenvalue weighted by molar-refractivity contribution is 8.13. The number of hydrogen-bond donors (Lipinski definition) is 0. The molecule has 0 atom stereocenters. The maximum Gasteiger partial charge on any atom is 0.270 e. The number of carbonyl (C=O) groups excluding carboxylic acids is 1. The van der Waals surface area contributed by atoms with Gasteiger partial charge in [0, 0.05) is 29.5 Å². The van der Waals surface area contributed by atoms with Gasteiger partial charge in [0.2, 0.25) is 0 Å². The summed E-state index contributed by atoms with van der Waals surface area (Å²) in [6, 6.07) is 1.16. The van der Waals surface area contributed by atoms with Crippen LogP contribution in [0.5, 0.6) is 0 Å². The number of alkyl halides is 2. The Hall–Kier alpha value is -1.15. The number of hydrogen-bond acceptors (Lipinski definition) is 3. The molecule has 0 spiro atoms. The fraction of sp³-hybridized carbons (Fsp3) is 0.583. The highest BCUT2D eigenvalue weighted by Gasteiger charge is 2.34. The number of halogens is 3. The molecule has 0 N–H and O–H groups in total. The Morgan fingerprint density at radius 3 is 2.57 bits per heavy atom. The summed E-state index contributed by atoms with van der Waals surface area (Å²) in [4.78, 5) is 13.6. The maximum absolute atomic E-state index is 12.6. The molecule has 1 aromatic rings. The lowest BCUT2D eigenvalue weighted by Crippen LogP contribution is -2.34. The molecule has 1 amide bonds. The summed E-state index contributed by atoms with van der Waals surface area (Å²) in [5.41, 5.74) is -0.0803. The van der Waals surface area contributed by atoms with Gasteiger partial charge in [-0.15, -0.1) is 0 Å². The Kier molecular flexibility index (Phi) is 4.57. The molecule has 2 rings (SSSR count). The molecule has 118 valence electrons. The normalized spacial score (nSPS) is 15.5. The predicted octanol–water partition coefficient (Wildman–Crippen LogP) is 2.31. The molecule has 1 aromatic heterocycles. The second kappa shape index (κ2) is 5.92. The van der Waals surface area contributed by atoms with Crippen LogP contribution in [0.15, 0.2) is 17.2 Å². The highest BCUT2D eigenvalue weighted by atomic mass is 35.7. The molecule has 1 saturated carbocycles. The number of amides is 1. The topological polar surface area (TPSA) is 59.4 Å². The monoisotopic (exact) mass is 340 g/mol. The Bertz CT molecular complexity index is 641. The van der Waals surface area contributed by atoms with Crippen LogP contribution in [-0.4, -0.2) is 42.8 Å². The Morgan fingerprint density at radius 2 is 2.14 bits per heavy atom. The first kappa shape index (κ1) is 16.2. The molecule has 1 fully saturated rings. The van der Waals surface area contributed by atoms with Crippen LogP contribution in [0.1, 0.15) is 30.3 Å². The third-order valence-corrected chi connectivity index (χ3v) is 4.62. The third kappa shape index (κ3) is 3.74. The van der Waals surface area contributed by atoms with Crippen molar-refractivity contribution in [3.8, 4) is 0 Å². The number of aromatic nitrogens is 1. The second-order valence-electron chi connectivity index (χ2n) is 4.86. The van der Waals surface area contributed by atoms with Gasteiger partial charge in [0.05, 0.1) is 6.54 Å². The lowest BCUT2D eigenvalue weighted by molar-refractivity contribution is 0.0732. The standard InChI is InChI=1S/C12H15ClF2N2O3S/c1-2-17(8-3-4-8)12(18)10-5-9(21(13,19)20)6-16(10)7-11(14)15/h5-6,8,11H,2-4,7H2,1H3. The number of nitrogens with zero attached hydrogens (tertiary/aromatic N) is 2. The molecule has 9 heteroatoms. The molecular weight excluding hydrogens is 326 g/mol. The van der Waals surface area contributed by atoms with Crippen LogP contribution in [0.4, 0.5) is 8.78 Å². The summed E-state index contributed by atoms with van der Waals surface area (Å²) in [6.07, 6.45) is 0.0134. The van der Waals surface area contributed by atoms with Crippen LogP contribution in [-0.2, 0) is 15.6 Å². The minimum atomic E-state index is -4.08. The minimum Gasteiger partial charge on any atom is -0.336 e. The van der Waals surface area contributed by atoms with Gasteiger partial charge in [-0.25, -0.2) is 17.2 Å². The smallest absolute Gasteiger partial charge is 0.270 e. The first-order valence-corrected chi connectivity index (χ1v) is 8.79. The van der Waals surface area contributed by atoms with Gasteiger partial charge < -0.3 is 9.47 Å². The van der Waals surface area contributed by atoms with E-state index in [1.165, 1.54) is 0 Å². The van der Waals surface area contributed by atoms with E-state index in [0.717, 1.165) is 29.7 Å². The predicted molar refractivity (Wildman–Crippen MR) is 73.2 cm³/mol. The third-order valence-electron chi connectivity index (χ3n) is 3.30. The molecule has 0 unspecified atom stereocenters. The van der Waals surface area contributed by atoms with Crippen molar-refractivity contribution in [1.82, 2.24) is 9.47 Å². The fourth-order valence-electron chi connectivity index (χ4n) is 2.20. The SMILES string of the molecule is CCN(C(=O)c1cc(S(=O)(=O)Cl)cn1CC(F)F)C1CC1. The fourth-order valence-corrected chi connectivity index (χ4v) is 2.96. The first-order chi connectivity index (χ1) is 9.74. The van der Waals surface area contributed by atoms with Gasteiger partial charge in [-0.2, -0.15) is 0 Å². The van der Waals surface area contributed by atoms with E-state index in [4.69, 9.17) is 10.7 Å². The molecular formula is C12H15ClF2N2O3S. The van der Waals surface area contributed by atoms with Crippen LogP contribution in [0, 0.1) is 0 Å². The van der Waals surface area contributed by atoms with Gasteiger partial charge in [0.25, 0.3) is 21.4 Å². The average Bonchev–Trinajstić information content (AvgIpc) is 3.08. The molecule has 0 saturated heterocycles. The van der Waals surface area contributed by atoms with Crippen LogP contribution < -0.4 is 0 Å². The Morgan fingerprint density at radius 1 is 1.52 bits per heavy atom. The van der Waals surface area contributed by atoms with Gasteiger partial charge >= 0.3 is 0 Å². The summed E-state index contributed by atoms with van der Waals surface area (Å²) < 4.78 is 48.8. The number of rotatable bonds is 6. The van der Waals surface area contributed by atoms with E-state index in [1.807, 2.05) is 0 Å². The Balaban J connectivity index is 2.39. The summed E-state index contributed by atoms with van der Waals surface area (Å²) >= 11 is 0. The molecule has 0 bridgehead atoms. The van der Waals surface area contributed by atoms with Crippen molar-refractivity contribution in [3.63, 3.8) is 0 Å². The van der Waals surface area contributed by atoms with E-state index in [-0.39, 0.29) is 16.6 Å². The van der Waals surface area contributed by atoms with Crippen molar-refractivity contribution >= 4 is 25.6 Å². The summed E-state index contributed by atoms with van der Waals surface area (Å²) in [7, 11) is 1.14. The van der Waals surface area contributed by atoms with Gasteiger partial charge in [0.15, 0.2) is 0 Å². The molecule has 1 aliphatic rings. The lowest BCUT2D eigenvalue weighted by atomic mass is 10.3. The quantitative estimate of drug-likeness (QED) is 0.747. The largest absolute Gasteiger partial charge is 0.336 e. The van der Waals surface area contributed by atoms with Gasteiger partial charge in [-0.05, 0) is 25.8 Å². The van der Waals surface area contributed by atoms with E-state index in [1.54, 1.807) is 11.8 Å². The van der Waals surface area contributed by atoms with Gasteiger partial charge in [0.1, 0.15) is 10.6 Å². The molecule has 0 radical (unpaired) electrons. The Labute approximate surface area is 125 Å². The molecule has 0 aliphatic heterocycles. The molecule has 21 heavy (non-hydrogen) atoms. The summed E-state index contributed by atoms with van der Waals surface area (Å²) in [6.45, 7) is 1.47. The van der Waals surface area contributed by atoms with E-state index in [9.17, 15) is 22.0 Å². The van der Waals surface area contributed by atoms with Crippen LogP contribution in [0.3, 0.4) is 0 Å². The van der Waals surface area contributed by atoms with Crippen molar-refractivity contribution < 1.29 is 22.0 Å². The summed E-state index contributed by atoms with van der Waals surface area (Å²) in [5, 5.41) is 0. The molecule has 1 heterocycles. The zero-order valence-corrected chi connectivity index (χ0v) is 12.9. The first-order valence-electron chi connectivity index (χ1n) is 6.48. The van der Waals surface area contributed by atoms with Crippen LogP contribution in [0.2, 0.25) is 0 Å². The van der Waals surface area contributed by atoms with Crippen molar-refractivity contribution in [2.75, 3.05) is 6.54 Å². The zero-order valence-electron chi connectivity index (χ0n) is 11.3. The van der Waals surface area contributed by atoms with Crippen molar-refractivity contribution in [1.29, 1.82) is 0 Å². The average molecular weight is 341 g/mol. The summed E-state index contributed by atoms with van der Waals surface area (Å²) in [5.74, 6) is -0.452. The molecule has 1 aliphatic carbocycles. The maximum atomic E-state index is 12.6. The van der Waals surface area contributed by atoms with Crippen LogP contribution >= 0.6 is 10.7 Å². The van der Waals surface area contributed by atoms with Gasteiger partial charge in [-0.3, -0.25) is 4.79 Å². The van der Waals surface area contributed by atoms with E-state index < -0.39 is 27.9 Å². The van der Waals surface area contributed by atoms with Crippen molar-refractivity contribution in [3.05, 3.63) is 18.0 Å². The number of carbonyl (C=O) groups is 1. The van der Waals surface area contributed by atoms with E-state index >= 15 is 0 Å². The van der Waals surface area contributed by atoms with Crippen LogP contribution in [0.25, 0.3) is 0 Å². The lowest BCUT2D eigenvalue weighted by Gasteiger charge is -2.21. The highest BCUT2D eigenvalue weighted by Crippen LogP contribution is 2.29. The molecule has 0 aromatic carbocycles. The van der Waals surface area contributed by atoms with E-state index in [2.05, 4.69) is 0 Å². The second-order valence-corrected chi connectivity index (χ2v) is 7.43. The zero-order chi connectivity index (χ0) is 15.8.